The Morgan fingerprint density at radius 2 is 1.88 bits per heavy atom. The molecule has 17 heavy (non-hydrogen) atoms. The number of carbonyl (C=O) groups is 1. The maximum atomic E-state index is 11.1. The van der Waals surface area contributed by atoms with Crippen LogP contribution in [0.1, 0.15) is 60.7 Å². The monoisotopic (exact) mass is 235 g/mol. The first-order valence-electron chi connectivity index (χ1n) is 6.46. The second-order valence-electron chi connectivity index (χ2n) is 5.08. The van der Waals surface area contributed by atoms with Crippen molar-refractivity contribution in [2.24, 2.45) is 5.73 Å². The topological polar surface area (TPSA) is 56.2 Å². The van der Waals surface area contributed by atoms with Crippen molar-refractivity contribution in [3.8, 4) is 0 Å². The van der Waals surface area contributed by atoms with Crippen molar-refractivity contribution < 1.29 is 9.21 Å². The van der Waals surface area contributed by atoms with Gasteiger partial charge < -0.3 is 10.2 Å². The van der Waals surface area contributed by atoms with E-state index in [1.54, 1.807) is 0 Å². The number of nitrogens with two attached hydrogens (primary N) is 1. The van der Waals surface area contributed by atoms with Crippen LogP contribution >= 0.6 is 0 Å². The molecule has 0 radical (unpaired) electrons. The summed E-state index contributed by atoms with van der Waals surface area (Å²) >= 11 is 0. The zero-order chi connectivity index (χ0) is 12.4. The van der Waals surface area contributed by atoms with E-state index in [0.29, 0.717) is 12.3 Å². The Hall–Kier alpha value is -1.25. The molecule has 1 aliphatic carbocycles. The molecule has 3 nitrogen and oxygen atoms in total. The fraction of sp³-hybridized carbons (Fsp3) is 0.643. The van der Waals surface area contributed by atoms with Crippen LogP contribution in [0.25, 0.3) is 0 Å². The maximum Gasteiger partial charge on any atom is 0.221 e. The van der Waals surface area contributed by atoms with Crippen LogP contribution in [-0.2, 0) is 11.2 Å². The second kappa shape index (κ2) is 4.94. The quantitative estimate of drug-likeness (QED) is 0.875. The molecule has 0 aromatic carbocycles. The third kappa shape index (κ3) is 2.54. The first kappa shape index (κ1) is 12.2. The van der Waals surface area contributed by atoms with E-state index < -0.39 is 0 Å². The molecule has 1 saturated carbocycles. The molecule has 0 unspecified atom stereocenters. The molecule has 1 aliphatic rings. The van der Waals surface area contributed by atoms with Crippen LogP contribution in [0.5, 0.6) is 0 Å². The summed E-state index contributed by atoms with van der Waals surface area (Å²) in [7, 11) is 0. The van der Waals surface area contributed by atoms with Gasteiger partial charge in [-0.25, -0.2) is 0 Å². The van der Waals surface area contributed by atoms with Crippen molar-refractivity contribution >= 4 is 5.91 Å². The minimum absolute atomic E-state index is 0.272. The molecule has 2 N–H and O–H groups in total. The number of primary amides is 1. The summed E-state index contributed by atoms with van der Waals surface area (Å²) in [6.07, 6.45) is 6.64. The zero-order valence-corrected chi connectivity index (χ0v) is 10.7. The number of hydrogen-bond donors (Lipinski definition) is 1. The molecule has 1 amide bonds. The Morgan fingerprint density at radius 3 is 2.47 bits per heavy atom. The molecule has 0 aliphatic heterocycles. The van der Waals surface area contributed by atoms with E-state index in [4.69, 9.17) is 10.2 Å². The molecular formula is C14H21NO2. The number of rotatable bonds is 3. The highest BCUT2D eigenvalue weighted by molar-refractivity contribution is 5.77. The second-order valence-corrected chi connectivity index (χ2v) is 5.08. The van der Waals surface area contributed by atoms with E-state index in [0.717, 1.165) is 17.1 Å². The molecule has 0 spiro atoms. The molecule has 1 aromatic heterocycles. The lowest BCUT2D eigenvalue weighted by Crippen LogP contribution is -2.16. The van der Waals surface area contributed by atoms with Gasteiger partial charge in [0.1, 0.15) is 11.5 Å². The highest BCUT2D eigenvalue weighted by Gasteiger charge is 2.25. The minimum Gasteiger partial charge on any atom is -0.466 e. The van der Waals surface area contributed by atoms with E-state index in [1.807, 2.05) is 13.8 Å². The van der Waals surface area contributed by atoms with E-state index in [-0.39, 0.29) is 5.91 Å². The number of carbonyl (C=O) groups excluding carboxylic acids is 1. The van der Waals surface area contributed by atoms with Gasteiger partial charge in [0.05, 0.1) is 6.42 Å². The van der Waals surface area contributed by atoms with Crippen LogP contribution in [0.2, 0.25) is 0 Å². The van der Waals surface area contributed by atoms with Gasteiger partial charge in [0, 0.05) is 11.1 Å². The highest BCUT2D eigenvalue weighted by Crippen LogP contribution is 2.38. The molecule has 2 rings (SSSR count). The number of furan rings is 1. The first-order chi connectivity index (χ1) is 8.09. The molecule has 0 atom stereocenters. The molecule has 3 heteroatoms. The van der Waals surface area contributed by atoms with Crippen molar-refractivity contribution in [1.82, 2.24) is 0 Å². The Morgan fingerprint density at radius 1 is 1.24 bits per heavy atom. The van der Waals surface area contributed by atoms with Gasteiger partial charge in [0.25, 0.3) is 0 Å². The standard InChI is InChI=1S/C14H21NO2/c1-9-12(8-13(15)16)14(10(2)17-9)11-6-4-3-5-7-11/h11H,3-8H2,1-2H3,(H2,15,16). The molecule has 1 heterocycles. The molecule has 94 valence electrons. The van der Waals surface area contributed by atoms with Gasteiger partial charge in [0.2, 0.25) is 5.91 Å². The lowest BCUT2D eigenvalue weighted by molar-refractivity contribution is -0.117. The Bertz CT molecular complexity index is 414. The number of amides is 1. The minimum atomic E-state index is -0.272. The molecule has 0 bridgehead atoms. The highest BCUT2D eigenvalue weighted by atomic mass is 16.3. The summed E-state index contributed by atoms with van der Waals surface area (Å²) in [5.41, 5.74) is 7.63. The number of aryl methyl sites for hydroxylation is 2. The molecular weight excluding hydrogens is 214 g/mol. The van der Waals surface area contributed by atoms with Crippen LogP contribution < -0.4 is 5.73 Å². The third-order valence-corrected chi connectivity index (χ3v) is 3.80. The first-order valence-corrected chi connectivity index (χ1v) is 6.46. The molecule has 0 saturated heterocycles. The summed E-state index contributed by atoms with van der Waals surface area (Å²) in [4.78, 5) is 11.1. The van der Waals surface area contributed by atoms with Crippen LogP contribution in [0.3, 0.4) is 0 Å². The van der Waals surface area contributed by atoms with Crippen molar-refractivity contribution in [3.63, 3.8) is 0 Å². The van der Waals surface area contributed by atoms with Gasteiger partial charge in [-0.05, 0) is 32.6 Å². The average Bonchev–Trinajstić information content (AvgIpc) is 2.54. The third-order valence-electron chi connectivity index (χ3n) is 3.80. The largest absolute Gasteiger partial charge is 0.466 e. The number of hydrogen-bond acceptors (Lipinski definition) is 2. The maximum absolute atomic E-state index is 11.1. The summed E-state index contributed by atoms with van der Waals surface area (Å²) in [6, 6.07) is 0. The molecule has 1 fully saturated rings. The fourth-order valence-electron chi connectivity index (χ4n) is 3.07. The van der Waals surface area contributed by atoms with E-state index in [9.17, 15) is 4.79 Å². The van der Waals surface area contributed by atoms with Crippen LogP contribution in [0.4, 0.5) is 0 Å². The summed E-state index contributed by atoms with van der Waals surface area (Å²) in [5, 5.41) is 0. The van der Waals surface area contributed by atoms with Gasteiger partial charge in [-0.1, -0.05) is 19.3 Å². The van der Waals surface area contributed by atoms with Crippen molar-refractivity contribution in [1.29, 1.82) is 0 Å². The lowest BCUT2D eigenvalue weighted by atomic mass is 9.81. The van der Waals surface area contributed by atoms with Gasteiger partial charge in [-0.2, -0.15) is 0 Å². The summed E-state index contributed by atoms with van der Waals surface area (Å²) < 4.78 is 5.69. The lowest BCUT2D eigenvalue weighted by Gasteiger charge is -2.22. The Labute approximate surface area is 102 Å². The SMILES string of the molecule is Cc1oc(C)c(C2CCCCC2)c1CC(N)=O. The van der Waals surface area contributed by atoms with Crippen molar-refractivity contribution in [2.45, 2.75) is 58.3 Å². The van der Waals surface area contributed by atoms with Gasteiger partial charge in [-0.15, -0.1) is 0 Å². The van der Waals surface area contributed by atoms with Crippen molar-refractivity contribution in [2.75, 3.05) is 0 Å². The van der Waals surface area contributed by atoms with Crippen LogP contribution in [0, 0.1) is 13.8 Å². The summed E-state index contributed by atoms with van der Waals surface area (Å²) in [5.74, 6) is 2.13. The predicted molar refractivity (Wildman–Crippen MR) is 66.9 cm³/mol. The average molecular weight is 235 g/mol. The fourth-order valence-corrected chi connectivity index (χ4v) is 3.07. The van der Waals surface area contributed by atoms with E-state index in [1.165, 1.54) is 37.7 Å². The van der Waals surface area contributed by atoms with Crippen LogP contribution in [-0.4, -0.2) is 5.91 Å². The normalized spacial score (nSPS) is 17.3. The van der Waals surface area contributed by atoms with Gasteiger partial charge in [-0.3, -0.25) is 4.79 Å². The van der Waals surface area contributed by atoms with Crippen molar-refractivity contribution in [3.05, 3.63) is 22.6 Å². The zero-order valence-electron chi connectivity index (χ0n) is 10.7. The summed E-state index contributed by atoms with van der Waals surface area (Å²) in [6.45, 7) is 3.93. The van der Waals surface area contributed by atoms with Crippen LogP contribution in [0.15, 0.2) is 4.42 Å². The van der Waals surface area contributed by atoms with Gasteiger partial charge >= 0.3 is 0 Å². The van der Waals surface area contributed by atoms with Gasteiger partial charge in [0.15, 0.2) is 0 Å². The van der Waals surface area contributed by atoms with E-state index in [2.05, 4.69) is 0 Å². The smallest absolute Gasteiger partial charge is 0.221 e. The predicted octanol–water partition coefficient (Wildman–Crippen LogP) is 2.97. The Kier molecular flexibility index (Phi) is 3.55. The van der Waals surface area contributed by atoms with E-state index >= 15 is 0 Å². The Balaban J connectivity index is 2.33. The molecule has 1 aromatic rings.